The normalized spacial score (nSPS) is 12.2. The molecule has 0 fully saturated rings. The lowest BCUT2D eigenvalue weighted by Gasteiger charge is -2.17. The lowest BCUT2D eigenvalue weighted by Crippen LogP contribution is -2.28. The average Bonchev–Trinajstić information content (AvgIpc) is 2.89. The number of hydrazine groups is 1. The molecule has 1 aromatic heterocycles. The van der Waals surface area contributed by atoms with E-state index >= 15 is 0 Å². The monoisotopic (exact) mass is 278 g/mol. The molecular formula is C14H18N2O2S. The maximum Gasteiger partial charge on any atom is 0.134 e. The smallest absolute Gasteiger partial charge is 0.134 e. The van der Waals surface area contributed by atoms with E-state index in [1.54, 1.807) is 18.4 Å². The van der Waals surface area contributed by atoms with E-state index in [0.717, 1.165) is 21.9 Å². The quantitative estimate of drug-likeness (QED) is 0.630. The highest BCUT2D eigenvalue weighted by Gasteiger charge is 2.18. The molecule has 19 heavy (non-hydrogen) atoms. The van der Waals surface area contributed by atoms with Crippen LogP contribution in [0.15, 0.2) is 35.7 Å². The summed E-state index contributed by atoms with van der Waals surface area (Å²) in [4.78, 5) is 1.05. The number of methoxy groups -OCH3 is 1. The van der Waals surface area contributed by atoms with Crippen LogP contribution in [0.4, 0.5) is 0 Å². The van der Waals surface area contributed by atoms with E-state index in [-0.39, 0.29) is 6.04 Å². The Morgan fingerprint density at radius 3 is 2.89 bits per heavy atom. The van der Waals surface area contributed by atoms with Crippen molar-refractivity contribution in [2.45, 2.75) is 13.0 Å². The van der Waals surface area contributed by atoms with Crippen molar-refractivity contribution in [2.75, 3.05) is 13.7 Å². The molecule has 1 aromatic carbocycles. The summed E-state index contributed by atoms with van der Waals surface area (Å²) >= 11 is 1.61. The van der Waals surface area contributed by atoms with Gasteiger partial charge in [-0.05, 0) is 36.1 Å². The summed E-state index contributed by atoms with van der Waals surface area (Å²) in [6, 6.07) is 9.75. The molecule has 1 unspecified atom stereocenters. The van der Waals surface area contributed by atoms with E-state index < -0.39 is 0 Å². The van der Waals surface area contributed by atoms with Gasteiger partial charge in [0.05, 0.1) is 24.6 Å². The van der Waals surface area contributed by atoms with Crippen LogP contribution in [-0.4, -0.2) is 13.7 Å². The van der Waals surface area contributed by atoms with Crippen LogP contribution in [0.25, 0.3) is 0 Å². The van der Waals surface area contributed by atoms with Crippen LogP contribution in [0.1, 0.15) is 23.4 Å². The maximum absolute atomic E-state index is 5.70. The Kier molecular flexibility index (Phi) is 4.79. The second-order valence-electron chi connectivity index (χ2n) is 3.96. The standard InChI is InChI=1S/C14H18N2O2S/c1-3-18-11-6-4-5-10(9-11)13(16-15)14-12(17-2)7-8-19-14/h4-9,13,16H,3,15H2,1-2H3. The van der Waals surface area contributed by atoms with E-state index in [0.29, 0.717) is 6.61 Å². The summed E-state index contributed by atoms with van der Waals surface area (Å²) in [5, 5.41) is 1.99. The van der Waals surface area contributed by atoms with Crippen molar-refractivity contribution < 1.29 is 9.47 Å². The average molecular weight is 278 g/mol. The first-order valence-electron chi connectivity index (χ1n) is 6.10. The minimum Gasteiger partial charge on any atom is -0.496 e. The van der Waals surface area contributed by atoms with Gasteiger partial charge in [0, 0.05) is 0 Å². The van der Waals surface area contributed by atoms with E-state index in [1.165, 1.54) is 0 Å². The van der Waals surface area contributed by atoms with Gasteiger partial charge in [0.1, 0.15) is 11.5 Å². The Bertz CT molecular complexity index is 528. The number of ether oxygens (including phenoxy) is 2. The summed E-state index contributed by atoms with van der Waals surface area (Å²) in [5.41, 5.74) is 3.89. The molecule has 0 saturated heterocycles. The highest BCUT2D eigenvalue weighted by molar-refractivity contribution is 7.10. The van der Waals surface area contributed by atoms with Crippen molar-refractivity contribution in [2.24, 2.45) is 5.84 Å². The minimum atomic E-state index is -0.102. The van der Waals surface area contributed by atoms with Crippen LogP contribution in [0.2, 0.25) is 0 Å². The molecule has 0 aliphatic rings. The molecule has 1 heterocycles. The van der Waals surface area contributed by atoms with Gasteiger partial charge in [-0.1, -0.05) is 12.1 Å². The molecule has 0 bridgehead atoms. The van der Waals surface area contributed by atoms with Crippen molar-refractivity contribution >= 4 is 11.3 Å². The third-order valence-electron chi connectivity index (χ3n) is 2.81. The zero-order chi connectivity index (χ0) is 13.7. The zero-order valence-corrected chi connectivity index (χ0v) is 11.9. The van der Waals surface area contributed by atoms with Crippen molar-refractivity contribution in [3.8, 4) is 11.5 Å². The summed E-state index contributed by atoms with van der Waals surface area (Å²) in [6.07, 6.45) is 0. The van der Waals surface area contributed by atoms with Crippen LogP contribution in [0, 0.1) is 0 Å². The molecule has 4 nitrogen and oxygen atoms in total. The fourth-order valence-corrected chi connectivity index (χ4v) is 2.91. The van der Waals surface area contributed by atoms with Gasteiger partial charge in [-0.25, -0.2) is 5.43 Å². The number of hydrogen-bond acceptors (Lipinski definition) is 5. The van der Waals surface area contributed by atoms with Crippen LogP contribution in [0.3, 0.4) is 0 Å². The van der Waals surface area contributed by atoms with E-state index in [2.05, 4.69) is 5.43 Å². The fourth-order valence-electron chi connectivity index (χ4n) is 1.96. The van der Waals surface area contributed by atoms with Gasteiger partial charge < -0.3 is 9.47 Å². The number of hydrogen-bond donors (Lipinski definition) is 2. The molecule has 0 saturated carbocycles. The maximum atomic E-state index is 5.70. The molecular weight excluding hydrogens is 260 g/mol. The van der Waals surface area contributed by atoms with Gasteiger partial charge >= 0.3 is 0 Å². The first-order chi connectivity index (χ1) is 9.30. The molecule has 0 spiro atoms. The van der Waals surface area contributed by atoms with Crippen LogP contribution in [0.5, 0.6) is 11.5 Å². The summed E-state index contributed by atoms with van der Waals surface area (Å²) in [6.45, 7) is 2.61. The van der Waals surface area contributed by atoms with Crippen molar-refractivity contribution in [1.29, 1.82) is 0 Å². The number of nitrogens with two attached hydrogens (primary N) is 1. The van der Waals surface area contributed by atoms with Gasteiger partial charge in [0.25, 0.3) is 0 Å². The second kappa shape index (κ2) is 6.56. The zero-order valence-electron chi connectivity index (χ0n) is 11.1. The minimum absolute atomic E-state index is 0.102. The van der Waals surface area contributed by atoms with E-state index in [4.69, 9.17) is 15.3 Å². The Balaban J connectivity index is 2.34. The predicted octanol–water partition coefficient (Wildman–Crippen LogP) is 2.71. The molecule has 2 rings (SSSR count). The van der Waals surface area contributed by atoms with Gasteiger partial charge in [-0.3, -0.25) is 5.84 Å². The van der Waals surface area contributed by atoms with Crippen molar-refractivity contribution in [1.82, 2.24) is 5.43 Å². The first-order valence-corrected chi connectivity index (χ1v) is 6.98. The molecule has 0 radical (unpaired) electrons. The largest absolute Gasteiger partial charge is 0.496 e. The highest BCUT2D eigenvalue weighted by atomic mass is 32.1. The van der Waals surface area contributed by atoms with E-state index in [9.17, 15) is 0 Å². The van der Waals surface area contributed by atoms with Gasteiger partial charge in [0.2, 0.25) is 0 Å². The molecule has 0 aliphatic carbocycles. The summed E-state index contributed by atoms with van der Waals surface area (Å²) in [7, 11) is 1.66. The van der Waals surface area contributed by atoms with Crippen molar-refractivity contribution in [3.05, 3.63) is 46.2 Å². The molecule has 3 N–H and O–H groups in total. The molecule has 5 heteroatoms. The molecule has 1 atom stereocenters. The Labute approximate surface area is 117 Å². The highest BCUT2D eigenvalue weighted by Crippen LogP contribution is 2.35. The van der Waals surface area contributed by atoms with Crippen molar-refractivity contribution in [3.63, 3.8) is 0 Å². The summed E-state index contributed by atoms with van der Waals surface area (Å²) < 4.78 is 10.9. The van der Waals surface area contributed by atoms with Crippen LogP contribution in [-0.2, 0) is 0 Å². The Hall–Kier alpha value is -1.56. The Morgan fingerprint density at radius 2 is 2.21 bits per heavy atom. The number of nitrogens with one attached hydrogen (secondary N) is 1. The van der Waals surface area contributed by atoms with Crippen LogP contribution < -0.4 is 20.7 Å². The lowest BCUT2D eigenvalue weighted by molar-refractivity contribution is 0.339. The summed E-state index contributed by atoms with van der Waals surface area (Å²) in [5.74, 6) is 7.39. The van der Waals surface area contributed by atoms with Crippen LogP contribution >= 0.6 is 11.3 Å². The molecule has 0 aliphatic heterocycles. The van der Waals surface area contributed by atoms with Gasteiger partial charge in [0.15, 0.2) is 0 Å². The SMILES string of the molecule is CCOc1cccc(C(NN)c2sccc2OC)c1. The molecule has 2 aromatic rings. The van der Waals surface area contributed by atoms with E-state index in [1.807, 2.05) is 42.6 Å². The molecule has 102 valence electrons. The molecule has 0 amide bonds. The first kappa shape index (κ1) is 13.9. The third-order valence-corrected chi connectivity index (χ3v) is 3.77. The number of rotatable bonds is 6. The van der Waals surface area contributed by atoms with Gasteiger partial charge in [-0.2, -0.15) is 0 Å². The topological polar surface area (TPSA) is 56.5 Å². The predicted molar refractivity (Wildman–Crippen MR) is 77.6 cm³/mol. The second-order valence-corrected chi connectivity index (χ2v) is 4.91. The van der Waals surface area contributed by atoms with Gasteiger partial charge in [-0.15, -0.1) is 11.3 Å². The number of benzene rings is 1. The third kappa shape index (κ3) is 3.07. The number of thiophene rings is 1. The Morgan fingerprint density at radius 1 is 1.37 bits per heavy atom. The fraction of sp³-hybridized carbons (Fsp3) is 0.286. The lowest BCUT2D eigenvalue weighted by atomic mass is 10.1.